The van der Waals surface area contributed by atoms with E-state index in [1.807, 2.05) is 36.4 Å². The van der Waals surface area contributed by atoms with Gasteiger partial charge in [0, 0.05) is 17.4 Å². The molecule has 2 N–H and O–H groups in total. The van der Waals surface area contributed by atoms with Crippen molar-refractivity contribution < 1.29 is 9.59 Å². The van der Waals surface area contributed by atoms with Crippen LogP contribution in [-0.2, 0) is 9.59 Å². The van der Waals surface area contributed by atoms with Crippen molar-refractivity contribution in [3.63, 3.8) is 0 Å². The van der Waals surface area contributed by atoms with Gasteiger partial charge in [0.15, 0.2) is 0 Å². The third kappa shape index (κ3) is 2.94. The fraction of sp³-hybridized carbons (Fsp3) is 0.0667. The van der Waals surface area contributed by atoms with Gasteiger partial charge in [0.05, 0.1) is 12.1 Å². The largest absolute Gasteiger partial charge is 0.321 e. The number of rotatable bonds is 3. The Kier molecular flexibility index (Phi) is 3.42. The maximum absolute atomic E-state index is 12.0. The molecule has 2 amide bonds. The van der Waals surface area contributed by atoms with E-state index in [-0.39, 0.29) is 23.9 Å². The maximum Gasteiger partial charge on any atom is 0.272 e. The first-order valence-electron chi connectivity index (χ1n) is 6.40. The molecular weight excluding hydrogens is 268 g/mol. The lowest BCUT2D eigenvalue weighted by Crippen LogP contribution is -2.22. The molecule has 1 aliphatic rings. The van der Waals surface area contributed by atoms with E-state index in [4.69, 9.17) is 0 Å². The summed E-state index contributed by atoms with van der Waals surface area (Å²) >= 11 is 0. The first-order valence-corrected chi connectivity index (χ1v) is 6.40. The van der Waals surface area contributed by atoms with E-state index in [0.717, 1.165) is 11.3 Å². The van der Waals surface area contributed by atoms with Crippen LogP contribution in [0.15, 0.2) is 53.8 Å². The zero-order chi connectivity index (χ0) is 14.7. The number of nitrogens with one attached hydrogen (secondary N) is 2. The topological polar surface area (TPSA) is 83.5 Å². The third-order valence-corrected chi connectivity index (χ3v) is 2.99. The Morgan fingerprint density at radius 3 is 2.81 bits per heavy atom. The van der Waals surface area contributed by atoms with Gasteiger partial charge < -0.3 is 5.32 Å². The molecule has 3 rings (SSSR count). The van der Waals surface area contributed by atoms with E-state index in [2.05, 4.69) is 20.8 Å². The lowest BCUT2D eigenvalue weighted by atomic mass is 10.1. The number of nitrogens with zero attached hydrogens (tertiary/aromatic N) is 2. The SMILES string of the molecule is O=C1CC(C(=O)Nc2cccc(-c3ccccn3)c2)=NN1. The highest BCUT2D eigenvalue weighted by Crippen LogP contribution is 2.20. The smallest absolute Gasteiger partial charge is 0.272 e. The summed E-state index contributed by atoms with van der Waals surface area (Å²) in [5, 5.41) is 6.41. The van der Waals surface area contributed by atoms with Gasteiger partial charge in [-0.2, -0.15) is 5.10 Å². The number of hydrazone groups is 1. The molecule has 0 radical (unpaired) electrons. The quantitative estimate of drug-likeness (QED) is 0.895. The highest BCUT2D eigenvalue weighted by atomic mass is 16.2. The average Bonchev–Trinajstić information content (AvgIpc) is 2.95. The normalized spacial score (nSPS) is 13.5. The number of hydrogen-bond donors (Lipinski definition) is 2. The summed E-state index contributed by atoms with van der Waals surface area (Å²) < 4.78 is 0. The maximum atomic E-state index is 12.0. The third-order valence-electron chi connectivity index (χ3n) is 2.99. The molecule has 21 heavy (non-hydrogen) atoms. The number of amides is 2. The molecule has 2 heterocycles. The van der Waals surface area contributed by atoms with E-state index in [1.165, 1.54) is 0 Å². The monoisotopic (exact) mass is 280 g/mol. The number of carbonyl (C=O) groups is 2. The van der Waals surface area contributed by atoms with Crippen LogP contribution < -0.4 is 10.7 Å². The van der Waals surface area contributed by atoms with Crippen LogP contribution in [0.4, 0.5) is 5.69 Å². The van der Waals surface area contributed by atoms with E-state index in [1.54, 1.807) is 12.3 Å². The van der Waals surface area contributed by atoms with Crippen molar-refractivity contribution in [3.05, 3.63) is 48.7 Å². The molecule has 6 heteroatoms. The molecule has 0 fully saturated rings. The minimum Gasteiger partial charge on any atom is -0.321 e. The van der Waals surface area contributed by atoms with E-state index >= 15 is 0 Å². The van der Waals surface area contributed by atoms with Gasteiger partial charge in [-0.25, -0.2) is 5.43 Å². The van der Waals surface area contributed by atoms with Crippen molar-refractivity contribution in [1.29, 1.82) is 0 Å². The van der Waals surface area contributed by atoms with Gasteiger partial charge in [0.2, 0.25) is 5.91 Å². The van der Waals surface area contributed by atoms with Gasteiger partial charge in [0.25, 0.3) is 5.91 Å². The molecule has 1 aromatic heterocycles. The molecule has 0 unspecified atom stereocenters. The van der Waals surface area contributed by atoms with Crippen molar-refractivity contribution in [2.75, 3.05) is 5.32 Å². The summed E-state index contributed by atoms with van der Waals surface area (Å²) in [5.41, 5.74) is 4.79. The number of anilines is 1. The van der Waals surface area contributed by atoms with Crippen LogP contribution in [0.25, 0.3) is 11.3 Å². The standard InChI is InChI=1S/C15H12N4O2/c20-14-9-13(18-19-14)15(21)17-11-5-3-4-10(8-11)12-6-1-2-7-16-12/h1-8H,9H2,(H,17,21)(H,19,20). The molecule has 0 atom stereocenters. The molecule has 6 nitrogen and oxygen atoms in total. The highest BCUT2D eigenvalue weighted by Gasteiger charge is 2.21. The van der Waals surface area contributed by atoms with Crippen LogP contribution in [-0.4, -0.2) is 22.5 Å². The summed E-state index contributed by atoms with van der Waals surface area (Å²) in [6.07, 6.45) is 1.72. The first kappa shape index (κ1) is 13.0. The second kappa shape index (κ2) is 5.54. The lowest BCUT2D eigenvalue weighted by Gasteiger charge is -2.06. The van der Waals surface area contributed by atoms with E-state index in [0.29, 0.717) is 5.69 Å². The van der Waals surface area contributed by atoms with Gasteiger partial charge in [-0.15, -0.1) is 0 Å². The molecule has 1 aromatic carbocycles. The number of hydrogen-bond acceptors (Lipinski definition) is 4. The molecule has 0 bridgehead atoms. The average molecular weight is 280 g/mol. The van der Waals surface area contributed by atoms with Crippen LogP contribution in [0.1, 0.15) is 6.42 Å². The number of aromatic nitrogens is 1. The van der Waals surface area contributed by atoms with Gasteiger partial charge in [-0.1, -0.05) is 18.2 Å². The lowest BCUT2D eigenvalue weighted by molar-refractivity contribution is -0.119. The molecular formula is C15H12N4O2. The zero-order valence-corrected chi connectivity index (χ0v) is 11.0. The molecule has 2 aromatic rings. The molecule has 104 valence electrons. The number of benzene rings is 1. The fourth-order valence-electron chi connectivity index (χ4n) is 1.99. The van der Waals surface area contributed by atoms with Gasteiger partial charge in [0.1, 0.15) is 5.71 Å². The van der Waals surface area contributed by atoms with Gasteiger partial charge in [-0.05, 0) is 24.3 Å². The van der Waals surface area contributed by atoms with Crippen molar-refractivity contribution >= 4 is 23.2 Å². The summed E-state index contributed by atoms with van der Waals surface area (Å²) in [6, 6.07) is 13.0. The van der Waals surface area contributed by atoms with Crippen LogP contribution in [0.5, 0.6) is 0 Å². The van der Waals surface area contributed by atoms with Crippen molar-refractivity contribution in [2.24, 2.45) is 5.10 Å². The molecule has 1 aliphatic heterocycles. The predicted octanol–water partition coefficient (Wildman–Crippen LogP) is 1.56. The predicted molar refractivity (Wildman–Crippen MR) is 78.5 cm³/mol. The van der Waals surface area contributed by atoms with Crippen molar-refractivity contribution in [3.8, 4) is 11.3 Å². The van der Waals surface area contributed by atoms with Crippen LogP contribution in [0, 0.1) is 0 Å². The Balaban J connectivity index is 1.78. The Morgan fingerprint density at radius 2 is 2.10 bits per heavy atom. The zero-order valence-electron chi connectivity index (χ0n) is 11.0. The Hall–Kier alpha value is -3.02. The van der Waals surface area contributed by atoms with Crippen molar-refractivity contribution in [1.82, 2.24) is 10.4 Å². The van der Waals surface area contributed by atoms with Crippen LogP contribution in [0.2, 0.25) is 0 Å². The van der Waals surface area contributed by atoms with E-state index < -0.39 is 0 Å². The highest BCUT2D eigenvalue weighted by molar-refractivity contribution is 6.46. The van der Waals surface area contributed by atoms with Crippen LogP contribution in [0.3, 0.4) is 0 Å². The van der Waals surface area contributed by atoms with Gasteiger partial charge in [-0.3, -0.25) is 14.6 Å². The second-order valence-corrected chi connectivity index (χ2v) is 4.52. The van der Waals surface area contributed by atoms with Crippen LogP contribution >= 0.6 is 0 Å². The minimum atomic E-state index is -0.383. The summed E-state index contributed by atoms with van der Waals surface area (Å²) in [7, 11) is 0. The van der Waals surface area contributed by atoms with Gasteiger partial charge >= 0.3 is 0 Å². The Labute approximate surface area is 120 Å². The fourth-order valence-corrected chi connectivity index (χ4v) is 1.99. The molecule has 0 aliphatic carbocycles. The second-order valence-electron chi connectivity index (χ2n) is 4.52. The molecule has 0 saturated heterocycles. The summed E-state index contributed by atoms with van der Waals surface area (Å²) in [4.78, 5) is 27.3. The van der Waals surface area contributed by atoms with Crippen molar-refractivity contribution in [2.45, 2.75) is 6.42 Å². The molecule has 0 spiro atoms. The summed E-state index contributed by atoms with van der Waals surface area (Å²) in [5.74, 6) is -0.658. The number of carbonyl (C=O) groups excluding carboxylic acids is 2. The molecule has 0 saturated carbocycles. The summed E-state index contributed by atoms with van der Waals surface area (Å²) in [6.45, 7) is 0. The first-order chi connectivity index (χ1) is 10.2. The number of pyridine rings is 1. The Morgan fingerprint density at radius 1 is 1.19 bits per heavy atom. The van der Waals surface area contributed by atoms with E-state index in [9.17, 15) is 9.59 Å². The Bertz CT molecular complexity index is 725. The minimum absolute atomic E-state index is 0.00572.